The molecule has 132 valence electrons. The van der Waals surface area contributed by atoms with E-state index >= 15 is 0 Å². The maximum absolute atomic E-state index is 10.2. The highest BCUT2D eigenvalue weighted by Crippen LogP contribution is 2.44. The molecule has 1 unspecified atom stereocenters. The Bertz CT molecular complexity index is 822. The van der Waals surface area contributed by atoms with E-state index in [-0.39, 0.29) is 23.7 Å². The topological polar surface area (TPSA) is 79.2 Å². The van der Waals surface area contributed by atoms with Crippen LogP contribution in [0.3, 0.4) is 0 Å². The van der Waals surface area contributed by atoms with Gasteiger partial charge in [-0.15, -0.1) is 0 Å². The molecule has 25 heavy (non-hydrogen) atoms. The second-order valence-electron chi connectivity index (χ2n) is 7.47. The minimum atomic E-state index is -0.909. The van der Waals surface area contributed by atoms with Gasteiger partial charge < -0.3 is 24.8 Å². The Kier molecular flexibility index (Phi) is 3.58. The van der Waals surface area contributed by atoms with Crippen LogP contribution >= 0.6 is 0 Å². The van der Waals surface area contributed by atoms with Crippen LogP contribution in [0.15, 0.2) is 30.3 Å². The van der Waals surface area contributed by atoms with Crippen LogP contribution in [0.5, 0.6) is 23.0 Å². The third-order valence-corrected chi connectivity index (χ3v) is 4.98. The zero-order chi connectivity index (χ0) is 17.8. The van der Waals surface area contributed by atoms with E-state index in [1.165, 1.54) is 6.07 Å². The number of rotatable bonds is 3. The van der Waals surface area contributed by atoms with Crippen LogP contribution in [0.2, 0.25) is 0 Å². The molecule has 2 aliphatic rings. The highest BCUT2D eigenvalue weighted by molar-refractivity contribution is 5.55. The molecule has 0 fully saturated rings. The smallest absolute Gasteiger partial charge is 0.157 e. The Hall–Kier alpha value is -2.40. The number of phenols is 2. The summed E-state index contributed by atoms with van der Waals surface area (Å²) in [5.74, 6) is 1.42. The van der Waals surface area contributed by atoms with Crippen molar-refractivity contribution >= 4 is 0 Å². The second kappa shape index (κ2) is 5.56. The van der Waals surface area contributed by atoms with Gasteiger partial charge in [0, 0.05) is 24.8 Å². The monoisotopic (exact) mass is 342 g/mol. The first kappa shape index (κ1) is 16.1. The van der Waals surface area contributed by atoms with E-state index < -0.39 is 5.60 Å². The first-order valence-corrected chi connectivity index (χ1v) is 8.52. The standard InChI is InChI=1S/C20H22O5/c1-20(2,23)18-10-14-17(25-18)6-4-12-9-13(24-19(12)14)7-11-3-5-15(21)16(22)8-11/h3-6,8,13,18,21-23H,7,9-10H2,1-2H3/t13?,18-/m1/s1. The molecule has 2 heterocycles. The number of phenolic OH excluding ortho intramolecular Hbond substituents is 2. The van der Waals surface area contributed by atoms with Gasteiger partial charge in [-0.3, -0.25) is 0 Å². The minimum Gasteiger partial charge on any atom is -0.504 e. The summed E-state index contributed by atoms with van der Waals surface area (Å²) in [7, 11) is 0. The first-order chi connectivity index (χ1) is 11.8. The molecular formula is C20H22O5. The van der Waals surface area contributed by atoms with E-state index in [1.807, 2.05) is 12.1 Å². The fourth-order valence-corrected chi connectivity index (χ4v) is 3.57. The summed E-state index contributed by atoms with van der Waals surface area (Å²) in [5.41, 5.74) is 2.18. The molecule has 0 saturated carbocycles. The van der Waals surface area contributed by atoms with Crippen LogP contribution in [-0.2, 0) is 19.3 Å². The van der Waals surface area contributed by atoms with E-state index in [4.69, 9.17) is 9.47 Å². The maximum Gasteiger partial charge on any atom is 0.157 e. The van der Waals surface area contributed by atoms with Crippen LogP contribution in [-0.4, -0.2) is 33.1 Å². The summed E-state index contributed by atoms with van der Waals surface area (Å²) in [5, 5.41) is 29.3. The molecule has 0 bridgehead atoms. The average molecular weight is 342 g/mol. The molecule has 0 saturated heterocycles. The van der Waals surface area contributed by atoms with E-state index in [9.17, 15) is 15.3 Å². The number of aliphatic hydroxyl groups is 1. The summed E-state index contributed by atoms with van der Waals surface area (Å²) in [6.07, 6.45) is 1.77. The van der Waals surface area contributed by atoms with Gasteiger partial charge in [-0.05, 0) is 43.2 Å². The van der Waals surface area contributed by atoms with Gasteiger partial charge in [-0.2, -0.15) is 0 Å². The predicted molar refractivity (Wildman–Crippen MR) is 92.5 cm³/mol. The number of fused-ring (bicyclic) bond motifs is 3. The minimum absolute atomic E-state index is 0.0216. The summed E-state index contributed by atoms with van der Waals surface area (Å²) in [4.78, 5) is 0. The molecule has 0 aromatic heterocycles. The highest BCUT2D eigenvalue weighted by atomic mass is 16.5. The lowest BCUT2D eigenvalue weighted by Crippen LogP contribution is -2.39. The molecule has 5 heteroatoms. The molecule has 0 radical (unpaired) electrons. The SMILES string of the molecule is CC(C)(O)[C@H]1Cc2c(ccc3c2OC(Cc2ccc(O)c(O)c2)C3)O1. The van der Waals surface area contributed by atoms with Crippen molar-refractivity contribution in [1.82, 2.24) is 0 Å². The van der Waals surface area contributed by atoms with Gasteiger partial charge in [0.1, 0.15) is 23.7 Å². The number of hydrogen-bond acceptors (Lipinski definition) is 5. The third kappa shape index (κ3) is 2.89. The lowest BCUT2D eigenvalue weighted by molar-refractivity contribution is -0.0229. The molecule has 2 aliphatic heterocycles. The highest BCUT2D eigenvalue weighted by Gasteiger charge is 2.39. The molecular weight excluding hydrogens is 320 g/mol. The van der Waals surface area contributed by atoms with Crippen molar-refractivity contribution in [2.75, 3.05) is 0 Å². The van der Waals surface area contributed by atoms with Gasteiger partial charge in [0.15, 0.2) is 11.5 Å². The van der Waals surface area contributed by atoms with Crippen molar-refractivity contribution in [3.63, 3.8) is 0 Å². The molecule has 4 rings (SSSR count). The molecule has 0 aliphatic carbocycles. The van der Waals surface area contributed by atoms with Gasteiger partial charge in [-0.25, -0.2) is 0 Å². The normalized spacial score (nSPS) is 21.4. The molecule has 2 aromatic rings. The fourth-order valence-electron chi connectivity index (χ4n) is 3.57. The summed E-state index contributed by atoms with van der Waals surface area (Å²) in [6, 6.07) is 8.83. The first-order valence-electron chi connectivity index (χ1n) is 8.52. The zero-order valence-corrected chi connectivity index (χ0v) is 14.3. The van der Waals surface area contributed by atoms with Crippen molar-refractivity contribution in [3.8, 4) is 23.0 Å². The lowest BCUT2D eigenvalue weighted by atomic mass is 9.95. The lowest BCUT2D eigenvalue weighted by Gasteiger charge is -2.24. The van der Waals surface area contributed by atoms with E-state index in [0.717, 1.165) is 34.6 Å². The number of benzene rings is 2. The Morgan fingerprint density at radius 3 is 2.56 bits per heavy atom. The van der Waals surface area contributed by atoms with E-state index in [2.05, 4.69) is 0 Å². The molecule has 5 nitrogen and oxygen atoms in total. The van der Waals surface area contributed by atoms with Crippen LogP contribution in [0.25, 0.3) is 0 Å². The number of hydrogen-bond donors (Lipinski definition) is 3. The Morgan fingerprint density at radius 1 is 1.04 bits per heavy atom. The number of ether oxygens (including phenoxy) is 2. The number of aromatic hydroxyl groups is 2. The maximum atomic E-state index is 10.2. The summed E-state index contributed by atoms with van der Waals surface area (Å²) < 4.78 is 12.1. The van der Waals surface area contributed by atoms with Crippen LogP contribution in [0.1, 0.15) is 30.5 Å². The quantitative estimate of drug-likeness (QED) is 0.748. The van der Waals surface area contributed by atoms with Crippen molar-refractivity contribution in [2.45, 2.75) is 50.9 Å². The van der Waals surface area contributed by atoms with Crippen molar-refractivity contribution < 1.29 is 24.8 Å². The Balaban J connectivity index is 1.53. The molecule has 0 spiro atoms. The van der Waals surface area contributed by atoms with Crippen molar-refractivity contribution in [1.29, 1.82) is 0 Å². The van der Waals surface area contributed by atoms with Gasteiger partial charge >= 0.3 is 0 Å². The van der Waals surface area contributed by atoms with Gasteiger partial charge in [-0.1, -0.05) is 12.1 Å². The van der Waals surface area contributed by atoms with Crippen molar-refractivity contribution in [2.24, 2.45) is 0 Å². The average Bonchev–Trinajstić information content (AvgIpc) is 3.13. The van der Waals surface area contributed by atoms with E-state index in [1.54, 1.807) is 26.0 Å². The molecule has 2 aromatic carbocycles. The molecule has 0 amide bonds. The molecule has 2 atom stereocenters. The van der Waals surface area contributed by atoms with E-state index in [0.29, 0.717) is 12.8 Å². The predicted octanol–water partition coefficient (Wildman–Crippen LogP) is 2.72. The van der Waals surface area contributed by atoms with Crippen LogP contribution < -0.4 is 9.47 Å². The third-order valence-electron chi connectivity index (χ3n) is 4.98. The second-order valence-corrected chi connectivity index (χ2v) is 7.47. The van der Waals surface area contributed by atoms with Crippen molar-refractivity contribution in [3.05, 3.63) is 47.0 Å². The van der Waals surface area contributed by atoms with Crippen LogP contribution in [0, 0.1) is 0 Å². The van der Waals surface area contributed by atoms with Gasteiger partial charge in [0.2, 0.25) is 0 Å². The Morgan fingerprint density at radius 2 is 1.84 bits per heavy atom. The molecule has 3 N–H and O–H groups in total. The summed E-state index contributed by atoms with van der Waals surface area (Å²) in [6.45, 7) is 3.51. The largest absolute Gasteiger partial charge is 0.504 e. The zero-order valence-electron chi connectivity index (χ0n) is 14.3. The summed E-state index contributed by atoms with van der Waals surface area (Å²) >= 11 is 0. The van der Waals surface area contributed by atoms with Crippen LogP contribution in [0.4, 0.5) is 0 Å². The van der Waals surface area contributed by atoms with Gasteiger partial charge in [0.05, 0.1) is 5.60 Å². The van der Waals surface area contributed by atoms with Gasteiger partial charge in [0.25, 0.3) is 0 Å². The Labute approximate surface area is 146 Å². The fraction of sp³-hybridized carbons (Fsp3) is 0.400.